The molecule has 0 unspecified atom stereocenters. The van der Waals surface area contributed by atoms with E-state index in [1.54, 1.807) is 0 Å². The minimum atomic E-state index is -5.52. The summed E-state index contributed by atoms with van der Waals surface area (Å²) < 4.78 is 33.3. The third kappa shape index (κ3) is 55.2. The van der Waals surface area contributed by atoms with Crippen molar-refractivity contribution < 1.29 is 31.1 Å². The van der Waals surface area contributed by atoms with Crippen molar-refractivity contribution in [3.05, 3.63) is 0 Å². The van der Waals surface area contributed by atoms with Crippen molar-refractivity contribution in [1.29, 1.82) is 0 Å². The van der Waals surface area contributed by atoms with Gasteiger partial charge in [-0.2, -0.15) is 0 Å². The molecular weight excluding hydrogens is 302 g/mol. The van der Waals surface area contributed by atoms with Gasteiger partial charge in [-0.15, -0.1) is 3.12 Å². The van der Waals surface area contributed by atoms with Crippen molar-refractivity contribution in [3.8, 4) is 0 Å². The van der Waals surface area contributed by atoms with Gasteiger partial charge in [0.1, 0.15) is 0 Å². The van der Waals surface area contributed by atoms with E-state index in [4.69, 9.17) is 14.3 Å². The Kier molecular flexibility index (Phi) is 10.2. The van der Waals surface area contributed by atoms with Crippen molar-refractivity contribution in [3.63, 3.8) is 0 Å². The molecule has 0 saturated heterocycles. The molecule has 0 aromatic rings. The van der Waals surface area contributed by atoms with Crippen molar-refractivity contribution in [2.75, 3.05) is 0 Å². The van der Waals surface area contributed by atoms with E-state index in [9.17, 15) is 0 Å². The second-order valence-electron chi connectivity index (χ2n) is 0.782. The summed E-state index contributed by atoms with van der Waals surface area (Å²) in [7, 11) is 1.14. The molecule has 0 aliphatic heterocycles. The van der Waals surface area contributed by atoms with Gasteiger partial charge < -0.3 is 0 Å². The van der Waals surface area contributed by atoms with Crippen molar-refractivity contribution >= 4 is 48.3 Å². The first-order chi connectivity index (χ1) is 4.27. The van der Waals surface area contributed by atoms with Gasteiger partial charge in [0.05, 0.1) is 0 Å². The van der Waals surface area contributed by atoms with Crippen LogP contribution in [0.3, 0.4) is 0 Å². The van der Waals surface area contributed by atoms with Crippen molar-refractivity contribution in [2.45, 2.75) is 0 Å². The molecule has 0 aliphatic carbocycles. The molecule has 0 aromatic heterocycles. The van der Waals surface area contributed by atoms with Crippen LogP contribution in [-0.4, -0.2) is 10.6 Å². The van der Waals surface area contributed by atoms with Gasteiger partial charge >= 0.3 is 31.1 Å². The van der Waals surface area contributed by atoms with Crippen molar-refractivity contribution in [1.82, 2.24) is 3.12 Å². The maximum absolute atomic E-state index is 8.85. The third-order valence-electron chi connectivity index (χ3n) is 0.0730. The second kappa shape index (κ2) is 7.23. The SMILES string of the molecule is SSN(S)S.[O]=[Mo](=[O])([OH])[OH]. The molecule has 0 atom stereocenters. The number of rotatable bonds is 1. The Bertz CT molecular complexity index is 143. The Morgan fingerprint density at radius 1 is 1.30 bits per heavy atom. The molecule has 10 heteroatoms. The van der Waals surface area contributed by atoms with E-state index in [-0.39, 0.29) is 0 Å². The van der Waals surface area contributed by atoms with Crippen LogP contribution < -0.4 is 0 Å². The van der Waals surface area contributed by atoms with E-state index in [0.29, 0.717) is 0 Å². The quantitative estimate of drug-likeness (QED) is 0.205. The summed E-state index contributed by atoms with van der Waals surface area (Å²) in [4.78, 5) is 0. The molecule has 0 fully saturated rings. The molecule has 0 aromatic carbocycles. The van der Waals surface area contributed by atoms with Gasteiger partial charge in [-0.25, -0.2) is 0 Å². The van der Waals surface area contributed by atoms with Gasteiger partial charge in [0, 0.05) is 11.0 Å². The number of hydrogen-bond acceptors (Lipinski definition) is 7. The van der Waals surface area contributed by atoms with Crippen LogP contribution in [-0.2, 0) is 23.5 Å². The van der Waals surface area contributed by atoms with Crippen LogP contribution in [0.1, 0.15) is 0 Å². The second-order valence-corrected chi connectivity index (χ2v) is 5.66. The molecule has 2 N–H and O–H groups in total. The minimum absolute atomic E-state index is 1.14. The summed E-state index contributed by atoms with van der Waals surface area (Å²) in [5.74, 6) is 0. The van der Waals surface area contributed by atoms with Gasteiger partial charge in [0.2, 0.25) is 0 Å². The fourth-order valence-electron chi connectivity index (χ4n) is 0. The molecule has 64 valence electrons. The van der Waals surface area contributed by atoms with Crippen molar-refractivity contribution in [2.24, 2.45) is 0 Å². The van der Waals surface area contributed by atoms with E-state index in [1.807, 2.05) is 0 Å². The first kappa shape index (κ1) is 14.1. The van der Waals surface area contributed by atoms with Crippen LogP contribution in [0, 0.1) is 0 Å². The number of nitrogens with zero attached hydrogens (tertiary/aromatic N) is 1. The molecular formula is H5MoNO4S4. The van der Waals surface area contributed by atoms with Gasteiger partial charge in [-0.05, 0) is 0 Å². The summed E-state index contributed by atoms with van der Waals surface area (Å²) in [6, 6.07) is 0. The summed E-state index contributed by atoms with van der Waals surface area (Å²) in [6.07, 6.45) is 0. The fourth-order valence-corrected chi connectivity index (χ4v) is 0. The van der Waals surface area contributed by atoms with E-state index in [1.165, 1.54) is 3.12 Å². The fraction of sp³-hybridized carbons (Fsp3) is 0. The summed E-state index contributed by atoms with van der Waals surface area (Å²) in [5, 5.41) is 0. The third-order valence-corrected chi connectivity index (χ3v) is 1.97. The average molecular weight is 307 g/mol. The monoisotopic (exact) mass is 309 g/mol. The van der Waals surface area contributed by atoms with Crippen LogP contribution in [0.4, 0.5) is 0 Å². The molecule has 0 rings (SSSR count). The normalized spacial score (nSPS) is 10.6. The average Bonchev–Trinajstić information content (AvgIpc) is 1.61. The summed E-state index contributed by atoms with van der Waals surface area (Å²) in [5.41, 5.74) is 0. The summed E-state index contributed by atoms with van der Waals surface area (Å²) in [6.45, 7) is 0. The molecule has 0 heterocycles. The van der Waals surface area contributed by atoms with Gasteiger partial charge in [0.25, 0.3) is 0 Å². The molecule has 0 aliphatic rings. The Morgan fingerprint density at radius 2 is 1.40 bits per heavy atom. The van der Waals surface area contributed by atoms with E-state index >= 15 is 0 Å². The van der Waals surface area contributed by atoms with Crippen LogP contribution in [0.25, 0.3) is 0 Å². The topological polar surface area (TPSA) is 77.8 Å². The van der Waals surface area contributed by atoms with Crippen LogP contribution >= 0.6 is 48.3 Å². The maximum atomic E-state index is 8.85. The zero-order chi connectivity index (χ0) is 8.78. The first-order valence-electron chi connectivity index (χ1n) is 1.46. The standard InChI is InChI=1S/Mo.H3NS4.2H2O.2O/c;2-1(3)5-4;;;;/h;2-4H;2*1H2;;/q+2;;;;;/p-2. The molecule has 10 heavy (non-hydrogen) atoms. The molecule has 0 radical (unpaired) electrons. The Morgan fingerprint density at radius 3 is 1.40 bits per heavy atom. The Labute approximate surface area is 81.9 Å². The molecule has 0 saturated carbocycles. The zero-order valence-electron chi connectivity index (χ0n) is 4.32. The first-order valence-corrected chi connectivity index (χ1v) is 7.52. The number of thiol groups is 3. The van der Waals surface area contributed by atoms with Gasteiger partial charge in [-0.1, -0.05) is 37.3 Å². The Balaban J connectivity index is 0. The van der Waals surface area contributed by atoms with E-state index < -0.39 is 16.7 Å². The molecule has 5 nitrogen and oxygen atoms in total. The van der Waals surface area contributed by atoms with Gasteiger partial charge in [-0.3, -0.25) is 0 Å². The molecule has 0 amide bonds. The molecule has 0 spiro atoms. The predicted molar refractivity (Wildman–Crippen MR) is 42.2 cm³/mol. The Hall–Kier alpha value is 1.57. The van der Waals surface area contributed by atoms with Crippen LogP contribution in [0.2, 0.25) is 0 Å². The summed E-state index contributed by atoms with van der Waals surface area (Å²) >= 11 is 5.55. The predicted octanol–water partition coefficient (Wildman–Crippen LogP) is 0.117. The van der Waals surface area contributed by atoms with E-state index in [2.05, 4.69) is 37.3 Å². The number of hydrogen-bond donors (Lipinski definition) is 5. The van der Waals surface area contributed by atoms with E-state index in [0.717, 1.165) is 11.0 Å². The van der Waals surface area contributed by atoms with Gasteiger partial charge in [0.15, 0.2) is 0 Å². The van der Waals surface area contributed by atoms with Crippen LogP contribution in [0.5, 0.6) is 0 Å². The molecule has 0 bridgehead atoms. The zero-order valence-corrected chi connectivity index (χ0v) is 9.82. The van der Waals surface area contributed by atoms with Crippen LogP contribution in [0.15, 0.2) is 0 Å².